The molecule has 5 rings (SSSR count). The summed E-state index contributed by atoms with van der Waals surface area (Å²) in [5, 5.41) is 1.31. The van der Waals surface area contributed by atoms with Crippen molar-refractivity contribution in [2.45, 2.75) is 16.7 Å². The molecule has 4 heterocycles. The summed E-state index contributed by atoms with van der Waals surface area (Å²) in [5.41, 5.74) is 1.33. The molecule has 0 aliphatic carbocycles. The number of benzene rings is 1. The third-order valence-electron chi connectivity index (χ3n) is 6.47. The molecule has 1 atom stereocenters. The lowest BCUT2D eigenvalue weighted by Crippen LogP contribution is -2.57. The van der Waals surface area contributed by atoms with E-state index in [0.717, 1.165) is 21.4 Å². The average Bonchev–Trinajstić information content (AvgIpc) is 3.37. The van der Waals surface area contributed by atoms with E-state index < -0.39 is 22.0 Å². The predicted octanol–water partition coefficient (Wildman–Crippen LogP) is 3.40. The van der Waals surface area contributed by atoms with Crippen LogP contribution in [0, 0.1) is 0 Å². The maximum Gasteiger partial charge on any atom is 0.292 e. The van der Waals surface area contributed by atoms with E-state index in [1.54, 1.807) is 50.6 Å². The predicted molar refractivity (Wildman–Crippen MR) is 149 cm³/mol. The molecule has 1 saturated heterocycles. The van der Waals surface area contributed by atoms with E-state index in [2.05, 4.69) is 15.0 Å². The Morgan fingerprint density at radius 3 is 2.54 bits per heavy atom. The molecule has 10 nitrogen and oxygen atoms in total. The minimum absolute atomic E-state index is 0.0327. The largest absolute Gasteiger partial charge is 0.349 e. The summed E-state index contributed by atoms with van der Waals surface area (Å²) in [4.78, 5) is 41.8. The third-order valence-corrected chi connectivity index (χ3v) is 10.1. The average molecular weight is 585 g/mol. The van der Waals surface area contributed by atoms with Gasteiger partial charge in [0, 0.05) is 74.0 Å². The summed E-state index contributed by atoms with van der Waals surface area (Å²) in [5.74, 6) is -0.720. The molecule has 39 heavy (non-hydrogen) atoms. The Balaban J connectivity index is 1.40. The molecule has 0 spiro atoms. The smallest absolute Gasteiger partial charge is 0.292 e. The van der Waals surface area contributed by atoms with Crippen molar-refractivity contribution in [3.05, 3.63) is 71.9 Å². The number of hydrogen-bond donors (Lipinski definition) is 0. The Morgan fingerprint density at radius 1 is 1.08 bits per heavy atom. The first-order valence-electron chi connectivity index (χ1n) is 12.1. The minimum atomic E-state index is -3.87. The van der Waals surface area contributed by atoms with Crippen LogP contribution in [0.5, 0.6) is 0 Å². The number of carbonyl (C=O) groups is 2. The van der Waals surface area contributed by atoms with Gasteiger partial charge in [-0.05, 0) is 35.7 Å². The standard InChI is InChI=1S/C26H25ClN6O4S2/c1-31(2)23(34)13-20-16-32(39(36,37)24-11-17-6-7-19(27)12-22(17)38-24)9-10-33(20)26(35)25-29-14-18(15-30-25)21-5-3-4-8-28-21/h3-8,11-12,14-15,20H,9-10,13,16H2,1-2H3. The van der Waals surface area contributed by atoms with Gasteiger partial charge >= 0.3 is 0 Å². The molecule has 13 heteroatoms. The van der Waals surface area contributed by atoms with Gasteiger partial charge in [-0.25, -0.2) is 18.4 Å². The summed E-state index contributed by atoms with van der Waals surface area (Å²) < 4.78 is 29.5. The first-order chi connectivity index (χ1) is 18.6. The summed E-state index contributed by atoms with van der Waals surface area (Å²) in [6.07, 6.45) is 4.66. The molecule has 1 aliphatic rings. The fourth-order valence-corrected chi connectivity index (χ4v) is 7.64. The molecular weight excluding hydrogens is 560 g/mol. The van der Waals surface area contributed by atoms with Crippen LogP contribution in [0.3, 0.4) is 0 Å². The fourth-order valence-electron chi connectivity index (χ4n) is 4.34. The van der Waals surface area contributed by atoms with Crippen LogP contribution >= 0.6 is 22.9 Å². The number of halogens is 1. The van der Waals surface area contributed by atoms with Crippen molar-refractivity contribution in [1.82, 2.24) is 29.1 Å². The zero-order chi connectivity index (χ0) is 27.7. The normalized spacial score (nSPS) is 16.4. The van der Waals surface area contributed by atoms with E-state index >= 15 is 0 Å². The number of pyridine rings is 1. The maximum absolute atomic E-state index is 13.6. The maximum atomic E-state index is 13.6. The molecule has 0 saturated carbocycles. The van der Waals surface area contributed by atoms with E-state index in [1.807, 2.05) is 12.1 Å². The number of hydrogen-bond acceptors (Lipinski definition) is 8. The molecule has 202 valence electrons. The second kappa shape index (κ2) is 11.0. The summed E-state index contributed by atoms with van der Waals surface area (Å²) >= 11 is 7.22. The molecular formula is C26H25ClN6O4S2. The van der Waals surface area contributed by atoms with Crippen LogP contribution in [0.25, 0.3) is 21.3 Å². The highest BCUT2D eigenvalue weighted by Gasteiger charge is 2.39. The highest BCUT2D eigenvalue weighted by atomic mass is 35.5. The van der Waals surface area contributed by atoms with E-state index in [4.69, 9.17) is 11.6 Å². The molecule has 0 N–H and O–H groups in total. The van der Waals surface area contributed by atoms with Crippen molar-refractivity contribution in [2.75, 3.05) is 33.7 Å². The van der Waals surface area contributed by atoms with Gasteiger partial charge in [0.05, 0.1) is 11.7 Å². The number of amides is 2. The second-order valence-electron chi connectivity index (χ2n) is 9.27. The SMILES string of the molecule is CN(C)C(=O)CC1CN(S(=O)(=O)c2cc3ccc(Cl)cc3s2)CCN1C(=O)c1ncc(-c2ccccn2)cn1. The number of aromatic nitrogens is 3. The summed E-state index contributed by atoms with van der Waals surface area (Å²) in [7, 11) is -0.631. The lowest BCUT2D eigenvalue weighted by Gasteiger charge is -2.40. The Kier molecular flexibility index (Phi) is 7.63. The van der Waals surface area contributed by atoms with Crippen LogP contribution in [0.1, 0.15) is 17.0 Å². The van der Waals surface area contributed by atoms with Crippen molar-refractivity contribution < 1.29 is 18.0 Å². The second-order valence-corrected chi connectivity index (χ2v) is 13.0. The van der Waals surface area contributed by atoms with Crippen LogP contribution in [0.2, 0.25) is 5.02 Å². The molecule has 1 fully saturated rings. The quantitative estimate of drug-likeness (QED) is 0.341. The van der Waals surface area contributed by atoms with Crippen molar-refractivity contribution in [2.24, 2.45) is 0 Å². The van der Waals surface area contributed by atoms with Crippen LogP contribution in [-0.2, 0) is 14.8 Å². The summed E-state index contributed by atoms with van der Waals surface area (Å²) in [6.45, 7) is 0.127. The zero-order valence-electron chi connectivity index (χ0n) is 21.2. The molecule has 1 aromatic carbocycles. The lowest BCUT2D eigenvalue weighted by molar-refractivity contribution is -0.130. The Bertz CT molecular complexity index is 1630. The number of fused-ring (bicyclic) bond motifs is 1. The Morgan fingerprint density at radius 2 is 1.85 bits per heavy atom. The highest BCUT2D eigenvalue weighted by Crippen LogP contribution is 2.33. The molecule has 2 amide bonds. The summed E-state index contributed by atoms with van der Waals surface area (Å²) in [6, 6.07) is 11.6. The van der Waals surface area contributed by atoms with E-state index in [1.165, 1.54) is 26.5 Å². The Labute approximate surface area is 234 Å². The van der Waals surface area contributed by atoms with Gasteiger partial charge in [-0.1, -0.05) is 23.7 Å². The third kappa shape index (κ3) is 5.64. The van der Waals surface area contributed by atoms with Crippen LogP contribution < -0.4 is 0 Å². The van der Waals surface area contributed by atoms with Gasteiger partial charge in [0.1, 0.15) is 4.21 Å². The van der Waals surface area contributed by atoms with Gasteiger partial charge in [-0.15, -0.1) is 11.3 Å². The van der Waals surface area contributed by atoms with Gasteiger partial charge in [0.2, 0.25) is 11.7 Å². The molecule has 1 unspecified atom stereocenters. The number of carbonyl (C=O) groups excluding carboxylic acids is 2. The molecule has 0 bridgehead atoms. The van der Waals surface area contributed by atoms with Crippen LogP contribution in [-0.4, -0.2) is 89.1 Å². The first-order valence-corrected chi connectivity index (χ1v) is 14.7. The van der Waals surface area contributed by atoms with E-state index in [9.17, 15) is 18.0 Å². The van der Waals surface area contributed by atoms with Gasteiger partial charge in [-0.3, -0.25) is 14.6 Å². The lowest BCUT2D eigenvalue weighted by atomic mass is 10.1. The van der Waals surface area contributed by atoms with Gasteiger partial charge in [0.25, 0.3) is 15.9 Å². The van der Waals surface area contributed by atoms with Gasteiger partial charge in [-0.2, -0.15) is 4.31 Å². The van der Waals surface area contributed by atoms with Crippen LogP contribution in [0.15, 0.2) is 65.3 Å². The number of thiophene rings is 1. The van der Waals surface area contributed by atoms with Crippen molar-refractivity contribution in [3.63, 3.8) is 0 Å². The minimum Gasteiger partial charge on any atom is -0.349 e. The number of rotatable bonds is 6. The van der Waals surface area contributed by atoms with Crippen molar-refractivity contribution in [3.8, 4) is 11.3 Å². The fraction of sp³-hybridized carbons (Fsp3) is 0.269. The molecule has 4 aromatic rings. The highest BCUT2D eigenvalue weighted by molar-refractivity contribution is 7.91. The Hall–Kier alpha value is -3.45. The molecule has 3 aromatic heterocycles. The van der Waals surface area contributed by atoms with Crippen LogP contribution in [0.4, 0.5) is 0 Å². The first kappa shape index (κ1) is 27.1. The van der Waals surface area contributed by atoms with Crippen molar-refractivity contribution in [1.29, 1.82) is 0 Å². The van der Waals surface area contributed by atoms with E-state index in [-0.39, 0.29) is 42.0 Å². The number of sulfonamides is 1. The monoisotopic (exact) mass is 584 g/mol. The van der Waals surface area contributed by atoms with Gasteiger partial charge in [0.15, 0.2) is 0 Å². The van der Waals surface area contributed by atoms with Crippen molar-refractivity contribution >= 4 is 54.9 Å². The molecule has 0 radical (unpaired) electrons. The zero-order valence-corrected chi connectivity index (χ0v) is 23.6. The van der Waals surface area contributed by atoms with E-state index in [0.29, 0.717) is 16.3 Å². The number of nitrogens with zero attached hydrogens (tertiary/aromatic N) is 6. The molecule has 1 aliphatic heterocycles. The van der Waals surface area contributed by atoms with Gasteiger partial charge < -0.3 is 9.80 Å². The number of piperazine rings is 1. The topological polar surface area (TPSA) is 117 Å².